The second-order valence-corrected chi connectivity index (χ2v) is 12.4. The molecule has 0 aliphatic heterocycles. The van der Waals surface area contributed by atoms with Crippen LogP contribution in [0.1, 0.15) is 11.3 Å². The summed E-state index contributed by atoms with van der Waals surface area (Å²) < 4.78 is 24.2. The molecule has 0 amide bonds. The highest BCUT2D eigenvalue weighted by molar-refractivity contribution is 7.89. The van der Waals surface area contributed by atoms with Crippen molar-refractivity contribution >= 4 is 55.1 Å². The van der Waals surface area contributed by atoms with Crippen molar-refractivity contribution in [2.24, 2.45) is 25.6 Å². The molecule has 0 atom stereocenters. The van der Waals surface area contributed by atoms with E-state index < -0.39 is 10.0 Å². The molecule has 48 heavy (non-hydrogen) atoms. The first-order valence-corrected chi connectivity index (χ1v) is 16.0. The Morgan fingerprint density at radius 3 is 2.08 bits per heavy atom. The topological polar surface area (TPSA) is 208 Å². The first kappa shape index (κ1) is 33.5. The van der Waals surface area contributed by atoms with Crippen molar-refractivity contribution in [2.75, 3.05) is 0 Å². The van der Waals surface area contributed by atoms with Crippen LogP contribution in [0.2, 0.25) is 5.02 Å². The lowest BCUT2D eigenvalue weighted by Gasteiger charge is -2.04. The van der Waals surface area contributed by atoms with Crippen LogP contribution >= 0.6 is 11.6 Å². The molecule has 0 bridgehead atoms. The number of aryl methyl sites for hydroxylation is 2. The maximum atomic E-state index is 12.6. The number of nitrogens with one attached hydrogen (secondary N) is 1. The van der Waals surface area contributed by atoms with Crippen LogP contribution in [0, 0.1) is 13.8 Å². The highest BCUT2D eigenvalue weighted by atomic mass is 35.5. The number of nitrogens with two attached hydrogens (primary N) is 1. The Morgan fingerprint density at radius 2 is 1.38 bits per heavy atom. The van der Waals surface area contributed by atoms with Crippen LogP contribution in [0.3, 0.4) is 0 Å². The summed E-state index contributed by atoms with van der Waals surface area (Å²) in [7, 11) is -3.93. The molecule has 6 aromatic rings. The van der Waals surface area contributed by atoms with E-state index in [1.54, 1.807) is 31.2 Å². The predicted octanol–water partition coefficient (Wildman–Crippen LogP) is 7.87. The third-order valence-electron chi connectivity index (χ3n) is 6.91. The minimum atomic E-state index is -3.93. The van der Waals surface area contributed by atoms with Crippen LogP contribution in [0.25, 0.3) is 16.5 Å². The zero-order chi connectivity index (χ0) is 34.6. The highest BCUT2D eigenvalue weighted by Gasteiger charge is 2.14. The van der Waals surface area contributed by atoms with Gasteiger partial charge in [0, 0.05) is 10.4 Å². The van der Waals surface area contributed by atoms with Gasteiger partial charge >= 0.3 is 0 Å². The average Bonchev–Trinajstić information content (AvgIpc) is 3.33. The fourth-order valence-corrected chi connectivity index (χ4v) is 5.20. The molecule has 13 nitrogen and oxygen atoms in total. The van der Waals surface area contributed by atoms with Crippen molar-refractivity contribution in [3.63, 3.8) is 0 Å². The van der Waals surface area contributed by atoms with Crippen molar-refractivity contribution in [2.45, 2.75) is 18.7 Å². The van der Waals surface area contributed by atoms with E-state index in [-0.39, 0.29) is 50.5 Å². The lowest BCUT2D eigenvalue weighted by Crippen LogP contribution is -2.14. The molecule has 0 fully saturated rings. The summed E-state index contributed by atoms with van der Waals surface area (Å²) in [6.07, 6.45) is 0. The van der Waals surface area contributed by atoms with Gasteiger partial charge < -0.3 is 15.3 Å². The Hall–Kier alpha value is -5.83. The molecule has 5 aromatic carbocycles. The van der Waals surface area contributed by atoms with Gasteiger partial charge in [-0.05, 0) is 79.4 Å². The molecule has 1 heterocycles. The number of nitrogens with zero attached hydrogens (tertiary/aromatic N) is 5. The summed E-state index contributed by atoms with van der Waals surface area (Å²) >= 11 is 5.88. The van der Waals surface area contributed by atoms with Gasteiger partial charge in [0.2, 0.25) is 10.0 Å². The zero-order valence-electron chi connectivity index (χ0n) is 25.4. The number of rotatable bonds is 6. The monoisotopic (exact) mass is 685 g/mol. The molecule has 6 rings (SSSR count). The van der Waals surface area contributed by atoms with Crippen molar-refractivity contribution < 1.29 is 23.7 Å². The minimum absolute atomic E-state index is 0.0599. The molecular weight excluding hydrogens is 658 g/mol. The Balaban J connectivity index is 0.000000188. The first-order chi connectivity index (χ1) is 22.8. The maximum absolute atomic E-state index is 12.6. The van der Waals surface area contributed by atoms with Gasteiger partial charge in [-0.3, -0.25) is 9.89 Å². The standard InChI is InChI=1S/C17H15ClN4O2.C16H13N3O4S/c1-10-4-3-5-13(8-10)22-17(24)16(11(2)21-22)20-19-14-9-12(18)6-7-15(14)23;17-24(22,23)11-6-8-14(20)13(9-11)18-19-16-12-4-2-1-3-10(12)5-7-15(16)21/h3-9,21,23H,1-2H3;1-9,20-21H,(H2,17,22,23). The lowest BCUT2D eigenvalue weighted by atomic mass is 10.1. The van der Waals surface area contributed by atoms with Crippen molar-refractivity contribution in [1.82, 2.24) is 9.78 Å². The summed E-state index contributed by atoms with van der Waals surface area (Å²) in [6, 6.07) is 25.9. The van der Waals surface area contributed by atoms with Crippen LogP contribution in [0.5, 0.6) is 17.2 Å². The fourth-order valence-electron chi connectivity index (χ4n) is 4.50. The number of hydrogen-bond acceptors (Lipinski definition) is 10. The summed E-state index contributed by atoms with van der Waals surface area (Å²) in [5.74, 6) is -0.402. The number of aromatic amines is 1. The molecule has 6 N–H and O–H groups in total. The number of H-pyrrole nitrogens is 1. The maximum Gasteiger partial charge on any atom is 0.299 e. The molecule has 0 spiro atoms. The van der Waals surface area contributed by atoms with Gasteiger partial charge in [-0.25, -0.2) is 18.2 Å². The number of azo groups is 2. The van der Waals surface area contributed by atoms with Crippen LogP contribution in [0.4, 0.5) is 22.7 Å². The molecule has 0 radical (unpaired) electrons. The number of phenols is 3. The number of primary sulfonamides is 1. The number of aromatic nitrogens is 2. The number of aromatic hydroxyl groups is 3. The van der Waals surface area contributed by atoms with Crippen LogP contribution in [0.15, 0.2) is 127 Å². The van der Waals surface area contributed by atoms with E-state index in [4.69, 9.17) is 16.7 Å². The largest absolute Gasteiger partial charge is 0.506 e. The van der Waals surface area contributed by atoms with E-state index >= 15 is 0 Å². The third kappa shape index (κ3) is 7.58. The quantitative estimate of drug-likeness (QED) is 0.110. The van der Waals surface area contributed by atoms with Gasteiger partial charge in [0.05, 0.1) is 16.3 Å². The fraction of sp³-hybridized carbons (Fsp3) is 0.0606. The number of fused-ring (bicyclic) bond motifs is 1. The SMILES string of the molecule is Cc1cccc(-n2[nH]c(C)c(N=Nc3cc(Cl)ccc3O)c2=O)c1.NS(=O)(=O)c1ccc(O)c(N=Nc2c(O)ccc3ccccc23)c1. The number of benzene rings is 5. The molecule has 0 unspecified atom stereocenters. The van der Waals surface area contributed by atoms with Crippen molar-refractivity contribution in [3.05, 3.63) is 124 Å². The Kier molecular flexibility index (Phi) is 9.70. The highest BCUT2D eigenvalue weighted by Crippen LogP contribution is 2.37. The molecule has 0 aliphatic rings. The van der Waals surface area contributed by atoms with E-state index in [1.165, 1.54) is 28.9 Å². The van der Waals surface area contributed by atoms with Crippen molar-refractivity contribution in [3.8, 4) is 22.9 Å². The molecule has 0 aliphatic carbocycles. The number of sulfonamides is 1. The normalized spacial score (nSPS) is 11.7. The predicted molar refractivity (Wildman–Crippen MR) is 182 cm³/mol. The number of hydrogen-bond donors (Lipinski definition) is 5. The number of phenolic OH excluding ortho intramolecular Hbond substituents is 3. The molecule has 0 saturated heterocycles. The molecule has 15 heteroatoms. The van der Waals surface area contributed by atoms with Crippen LogP contribution in [-0.4, -0.2) is 33.5 Å². The Labute approximate surface area is 279 Å². The Bertz CT molecular complexity index is 2390. The third-order valence-corrected chi connectivity index (χ3v) is 8.05. The van der Waals surface area contributed by atoms with Crippen molar-refractivity contribution in [1.29, 1.82) is 0 Å². The second kappa shape index (κ2) is 13.9. The number of halogens is 1. The van der Waals surface area contributed by atoms with Gasteiger partial charge in [-0.15, -0.1) is 20.5 Å². The summed E-state index contributed by atoms with van der Waals surface area (Å²) in [5, 5.41) is 55.3. The minimum Gasteiger partial charge on any atom is -0.506 e. The summed E-state index contributed by atoms with van der Waals surface area (Å²) in [5.41, 5.74) is 2.53. The second-order valence-electron chi connectivity index (χ2n) is 10.4. The van der Waals surface area contributed by atoms with Gasteiger partial charge in [-0.2, -0.15) is 0 Å². The summed E-state index contributed by atoms with van der Waals surface area (Å²) in [6.45, 7) is 3.69. The molecule has 0 saturated carbocycles. The average molecular weight is 686 g/mol. The van der Waals surface area contributed by atoms with Gasteiger partial charge in [0.15, 0.2) is 5.69 Å². The van der Waals surface area contributed by atoms with E-state index in [2.05, 4.69) is 25.6 Å². The van der Waals surface area contributed by atoms with Crippen LogP contribution < -0.4 is 10.7 Å². The van der Waals surface area contributed by atoms with E-state index in [0.717, 1.165) is 28.8 Å². The lowest BCUT2D eigenvalue weighted by molar-refractivity contribution is 0.474. The van der Waals surface area contributed by atoms with Gasteiger partial charge in [0.1, 0.15) is 34.3 Å². The summed E-state index contributed by atoms with van der Waals surface area (Å²) in [4.78, 5) is 12.4. The van der Waals surface area contributed by atoms with E-state index in [9.17, 15) is 28.5 Å². The molecular formula is C33H28ClN7O6S. The Morgan fingerprint density at radius 1 is 0.729 bits per heavy atom. The van der Waals surface area contributed by atoms with Crippen LogP contribution in [-0.2, 0) is 10.0 Å². The first-order valence-electron chi connectivity index (χ1n) is 14.1. The molecule has 244 valence electrons. The van der Waals surface area contributed by atoms with E-state index in [0.29, 0.717) is 16.1 Å². The molecule has 1 aromatic heterocycles. The van der Waals surface area contributed by atoms with Gasteiger partial charge in [-0.1, -0.05) is 54.1 Å². The van der Waals surface area contributed by atoms with E-state index in [1.807, 2.05) is 43.3 Å². The van der Waals surface area contributed by atoms with Gasteiger partial charge in [0.25, 0.3) is 5.56 Å². The smallest absolute Gasteiger partial charge is 0.299 e. The zero-order valence-corrected chi connectivity index (χ0v) is 27.0.